The van der Waals surface area contributed by atoms with Gasteiger partial charge in [-0.05, 0) is 47.0 Å². The van der Waals surface area contributed by atoms with Crippen molar-refractivity contribution in [3.05, 3.63) is 22.2 Å². The zero-order valence-corrected chi connectivity index (χ0v) is 16.1. The molecule has 1 aromatic carbocycles. The fraction of sp³-hybridized carbons (Fsp3) is 0.556. The molecule has 0 saturated carbocycles. The fourth-order valence-electron chi connectivity index (χ4n) is 2.23. The van der Waals surface area contributed by atoms with E-state index in [9.17, 15) is 9.90 Å². The van der Waals surface area contributed by atoms with E-state index >= 15 is 0 Å². The summed E-state index contributed by atoms with van der Waals surface area (Å²) >= 11 is 3.27. The van der Waals surface area contributed by atoms with E-state index < -0.39 is 0 Å². The molecule has 0 heterocycles. The van der Waals surface area contributed by atoms with Gasteiger partial charge in [0, 0.05) is 6.42 Å². The summed E-state index contributed by atoms with van der Waals surface area (Å²) in [6.07, 6.45) is 8.93. The molecule has 0 saturated heterocycles. The standard InChI is InChI=1S/C18H27BrN2O3/c1-3-5-6-7-8-9-10-17(22)21-20-13-14-11-15(19)18(23)16(12-14)24-4-2/h11-13,23H,3-10H2,1-2H3,(H,21,22)/b20-13-. The number of ether oxygens (including phenoxy) is 1. The second-order valence-corrected chi connectivity index (χ2v) is 6.45. The van der Waals surface area contributed by atoms with Crippen molar-refractivity contribution in [3.8, 4) is 11.5 Å². The average molecular weight is 399 g/mol. The predicted octanol–water partition coefficient (Wildman–Crippen LogP) is 4.75. The number of benzene rings is 1. The minimum atomic E-state index is -0.0791. The van der Waals surface area contributed by atoms with Crippen molar-refractivity contribution in [1.82, 2.24) is 5.43 Å². The normalized spacial score (nSPS) is 11.0. The molecule has 0 aliphatic carbocycles. The third-order valence-corrected chi connectivity index (χ3v) is 4.12. The lowest BCUT2D eigenvalue weighted by Gasteiger charge is -2.08. The van der Waals surface area contributed by atoms with Gasteiger partial charge >= 0.3 is 0 Å². The lowest BCUT2D eigenvalue weighted by Crippen LogP contribution is -2.16. The number of carbonyl (C=O) groups excluding carboxylic acids is 1. The monoisotopic (exact) mass is 398 g/mol. The van der Waals surface area contributed by atoms with Crippen LogP contribution in [0.25, 0.3) is 0 Å². The smallest absolute Gasteiger partial charge is 0.240 e. The van der Waals surface area contributed by atoms with Crippen LogP contribution in [0.5, 0.6) is 11.5 Å². The average Bonchev–Trinajstić information content (AvgIpc) is 2.55. The first-order valence-electron chi connectivity index (χ1n) is 8.55. The maximum atomic E-state index is 11.7. The summed E-state index contributed by atoms with van der Waals surface area (Å²) in [6.45, 7) is 4.49. The van der Waals surface area contributed by atoms with Gasteiger partial charge in [0.25, 0.3) is 0 Å². The van der Waals surface area contributed by atoms with Crippen molar-refractivity contribution >= 4 is 28.1 Å². The highest BCUT2D eigenvalue weighted by atomic mass is 79.9. The summed E-state index contributed by atoms with van der Waals surface area (Å²) < 4.78 is 5.87. The Kier molecular flexibility index (Phi) is 10.2. The van der Waals surface area contributed by atoms with Crippen molar-refractivity contribution < 1.29 is 14.6 Å². The van der Waals surface area contributed by atoms with E-state index in [0.29, 0.717) is 23.2 Å². The lowest BCUT2D eigenvalue weighted by atomic mass is 10.1. The molecule has 1 amide bonds. The summed E-state index contributed by atoms with van der Waals surface area (Å²) in [5.74, 6) is 0.359. The van der Waals surface area contributed by atoms with E-state index in [-0.39, 0.29) is 11.7 Å². The predicted molar refractivity (Wildman–Crippen MR) is 101 cm³/mol. The van der Waals surface area contributed by atoms with E-state index in [2.05, 4.69) is 33.4 Å². The van der Waals surface area contributed by atoms with Crippen LogP contribution in [-0.2, 0) is 4.79 Å². The summed E-state index contributed by atoms with van der Waals surface area (Å²) in [6, 6.07) is 3.38. The van der Waals surface area contributed by atoms with E-state index in [1.165, 1.54) is 31.9 Å². The van der Waals surface area contributed by atoms with Gasteiger partial charge in [0.2, 0.25) is 5.91 Å². The molecule has 24 heavy (non-hydrogen) atoms. The highest BCUT2D eigenvalue weighted by molar-refractivity contribution is 9.10. The molecular weight excluding hydrogens is 372 g/mol. The van der Waals surface area contributed by atoms with Gasteiger partial charge in [-0.2, -0.15) is 5.10 Å². The van der Waals surface area contributed by atoms with Crippen LogP contribution in [0.2, 0.25) is 0 Å². The molecule has 0 spiro atoms. The number of aromatic hydroxyl groups is 1. The number of hydrogen-bond acceptors (Lipinski definition) is 4. The zero-order valence-electron chi connectivity index (χ0n) is 14.5. The number of hydrogen-bond donors (Lipinski definition) is 2. The van der Waals surface area contributed by atoms with Gasteiger partial charge < -0.3 is 9.84 Å². The summed E-state index contributed by atoms with van der Waals surface area (Å²) in [7, 11) is 0. The third kappa shape index (κ3) is 7.81. The molecular formula is C18H27BrN2O3. The van der Waals surface area contributed by atoms with Gasteiger partial charge in [-0.25, -0.2) is 5.43 Å². The molecule has 0 bridgehead atoms. The first-order chi connectivity index (χ1) is 11.6. The molecule has 0 aromatic heterocycles. The van der Waals surface area contributed by atoms with Crippen LogP contribution < -0.4 is 10.2 Å². The minimum absolute atomic E-state index is 0.0566. The second kappa shape index (κ2) is 11.9. The Morgan fingerprint density at radius 3 is 2.67 bits per heavy atom. The van der Waals surface area contributed by atoms with Gasteiger partial charge in [0.15, 0.2) is 11.5 Å². The number of carbonyl (C=O) groups is 1. The zero-order chi connectivity index (χ0) is 17.8. The summed E-state index contributed by atoms with van der Waals surface area (Å²) in [5.41, 5.74) is 3.26. The maximum Gasteiger partial charge on any atom is 0.240 e. The first-order valence-corrected chi connectivity index (χ1v) is 9.35. The van der Waals surface area contributed by atoms with Gasteiger partial charge in [-0.3, -0.25) is 4.79 Å². The fourth-order valence-corrected chi connectivity index (χ4v) is 2.69. The van der Waals surface area contributed by atoms with Crippen molar-refractivity contribution in [2.45, 2.75) is 58.8 Å². The quantitative estimate of drug-likeness (QED) is 0.320. The molecule has 0 fully saturated rings. The van der Waals surface area contributed by atoms with Crippen LogP contribution in [0, 0.1) is 0 Å². The highest BCUT2D eigenvalue weighted by Gasteiger charge is 2.08. The van der Waals surface area contributed by atoms with Gasteiger partial charge in [0.1, 0.15) is 0 Å². The van der Waals surface area contributed by atoms with E-state index in [4.69, 9.17) is 4.74 Å². The summed E-state index contributed by atoms with van der Waals surface area (Å²) in [4.78, 5) is 11.7. The Balaban J connectivity index is 2.39. The SMILES string of the molecule is CCCCCCCCC(=O)N/N=C\c1cc(Br)c(O)c(OCC)c1. The van der Waals surface area contributed by atoms with Gasteiger partial charge in [0.05, 0.1) is 17.3 Å². The van der Waals surface area contributed by atoms with Crippen LogP contribution >= 0.6 is 15.9 Å². The van der Waals surface area contributed by atoms with E-state index in [1.807, 2.05) is 6.92 Å². The van der Waals surface area contributed by atoms with Crippen LogP contribution in [0.4, 0.5) is 0 Å². The van der Waals surface area contributed by atoms with Gasteiger partial charge in [-0.15, -0.1) is 0 Å². The van der Waals surface area contributed by atoms with Crippen LogP contribution in [-0.4, -0.2) is 23.8 Å². The molecule has 1 aromatic rings. The molecule has 5 nitrogen and oxygen atoms in total. The van der Waals surface area contributed by atoms with E-state index in [0.717, 1.165) is 18.4 Å². The molecule has 0 aliphatic rings. The molecule has 0 atom stereocenters. The number of nitrogens with zero attached hydrogens (tertiary/aromatic N) is 1. The number of amides is 1. The number of phenolic OH excluding ortho intramolecular Hbond substituents is 1. The highest BCUT2D eigenvalue weighted by Crippen LogP contribution is 2.34. The Hall–Kier alpha value is -1.56. The summed E-state index contributed by atoms with van der Waals surface area (Å²) in [5, 5.41) is 13.8. The molecule has 6 heteroatoms. The second-order valence-electron chi connectivity index (χ2n) is 5.59. The number of nitrogens with one attached hydrogen (secondary N) is 1. The Labute approximate surface area is 152 Å². The molecule has 2 N–H and O–H groups in total. The number of unbranched alkanes of at least 4 members (excludes halogenated alkanes) is 5. The van der Waals surface area contributed by atoms with Crippen LogP contribution in [0.3, 0.4) is 0 Å². The van der Waals surface area contributed by atoms with Crippen molar-refractivity contribution in [1.29, 1.82) is 0 Å². The number of hydrazone groups is 1. The Morgan fingerprint density at radius 2 is 1.96 bits per heavy atom. The Bertz CT molecular complexity index is 547. The number of rotatable bonds is 11. The number of halogens is 1. The van der Waals surface area contributed by atoms with E-state index in [1.54, 1.807) is 12.1 Å². The number of phenols is 1. The molecule has 0 aliphatic heterocycles. The molecule has 1 rings (SSSR count). The Morgan fingerprint density at radius 1 is 1.25 bits per heavy atom. The third-order valence-electron chi connectivity index (χ3n) is 3.51. The van der Waals surface area contributed by atoms with Crippen molar-refractivity contribution in [2.24, 2.45) is 5.10 Å². The largest absolute Gasteiger partial charge is 0.503 e. The minimum Gasteiger partial charge on any atom is -0.503 e. The maximum absolute atomic E-state index is 11.7. The first kappa shape index (κ1) is 20.5. The molecule has 0 radical (unpaired) electrons. The van der Waals surface area contributed by atoms with Crippen LogP contribution in [0.15, 0.2) is 21.7 Å². The van der Waals surface area contributed by atoms with Crippen LogP contribution in [0.1, 0.15) is 64.4 Å². The van der Waals surface area contributed by atoms with Crippen molar-refractivity contribution in [2.75, 3.05) is 6.61 Å². The molecule has 134 valence electrons. The lowest BCUT2D eigenvalue weighted by molar-refractivity contribution is -0.121. The van der Waals surface area contributed by atoms with Crippen molar-refractivity contribution in [3.63, 3.8) is 0 Å². The topological polar surface area (TPSA) is 70.9 Å². The van der Waals surface area contributed by atoms with Gasteiger partial charge in [-0.1, -0.05) is 39.0 Å². The molecule has 0 unspecified atom stereocenters.